The van der Waals surface area contributed by atoms with Crippen LogP contribution in [0.1, 0.15) is 38.1 Å². The largest absolute Gasteiger partial charge is 0.477 e. The molecule has 1 aromatic carbocycles. The highest BCUT2D eigenvalue weighted by atomic mass is 16.4. The minimum absolute atomic E-state index is 0.0277. The van der Waals surface area contributed by atoms with Crippen molar-refractivity contribution < 1.29 is 14.7 Å². The number of benzene rings is 1. The Bertz CT molecular complexity index is 771. The van der Waals surface area contributed by atoms with Gasteiger partial charge in [-0.2, -0.15) is 0 Å². The van der Waals surface area contributed by atoms with Gasteiger partial charge >= 0.3 is 5.97 Å². The molecule has 1 unspecified atom stereocenters. The summed E-state index contributed by atoms with van der Waals surface area (Å²) in [6.45, 7) is 10.3. The van der Waals surface area contributed by atoms with Gasteiger partial charge in [-0.15, -0.1) is 0 Å². The average molecular weight is 403 g/mol. The molecule has 1 aromatic rings. The fourth-order valence-corrected chi connectivity index (χ4v) is 4.11. The van der Waals surface area contributed by atoms with Gasteiger partial charge in [0.05, 0.1) is 12.2 Å². The fraction of sp³-hybridized carbons (Fsp3) is 0.545. The Morgan fingerprint density at radius 3 is 2.14 bits per heavy atom. The fourth-order valence-electron chi connectivity index (χ4n) is 4.11. The molecule has 1 amide bonds. The van der Waals surface area contributed by atoms with E-state index in [1.165, 1.54) is 0 Å². The lowest BCUT2D eigenvalue weighted by atomic mass is 10.1. The normalized spacial score (nSPS) is 16.6. The standard InChI is InChI=1S/C22H34N4O3/c1-8-25(17-12-10-16(11-13-17)21(27)23(5)6)14-18-19(22(28)29)24(7)20(15(3)4)26(18)9-2/h10-13,15,20H,8-9,14H2,1-7H3,(H,28,29). The summed E-state index contributed by atoms with van der Waals surface area (Å²) in [6.07, 6.45) is 0.0277. The lowest BCUT2D eigenvalue weighted by Gasteiger charge is -2.36. The Labute approximate surface area is 174 Å². The summed E-state index contributed by atoms with van der Waals surface area (Å²) < 4.78 is 0. The molecule has 0 radical (unpaired) electrons. The number of hydrogen-bond donors (Lipinski definition) is 1. The van der Waals surface area contributed by atoms with E-state index in [1.54, 1.807) is 19.0 Å². The molecule has 0 bridgehead atoms. The number of anilines is 1. The van der Waals surface area contributed by atoms with Gasteiger partial charge in [0.15, 0.2) is 0 Å². The average Bonchev–Trinajstić information content (AvgIpc) is 2.96. The summed E-state index contributed by atoms with van der Waals surface area (Å²) in [7, 11) is 5.33. The van der Waals surface area contributed by atoms with Gasteiger partial charge in [-0.3, -0.25) is 4.79 Å². The van der Waals surface area contributed by atoms with Crippen LogP contribution in [0, 0.1) is 5.92 Å². The number of carboxylic acid groups (broad SMARTS) is 1. The number of likely N-dealkylation sites (N-methyl/N-ethyl adjacent to an activating group) is 3. The number of rotatable bonds is 8. The number of carbonyl (C=O) groups is 2. The summed E-state index contributed by atoms with van der Waals surface area (Å²) in [5.41, 5.74) is 2.79. The molecule has 1 aliphatic heterocycles. The second-order valence-corrected chi connectivity index (χ2v) is 7.92. The number of carboxylic acids is 1. The van der Waals surface area contributed by atoms with E-state index in [4.69, 9.17) is 0 Å². The van der Waals surface area contributed by atoms with E-state index in [1.807, 2.05) is 36.2 Å². The van der Waals surface area contributed by atoms with Crippen molar-refractivity contribution in [3.63, 3.8) is 0 Å². The van der Waals surface area contributed by atoms with Gasteiger partial charge in [0, 0.05) is 45.5 Å². The molecule has 0 saturated carbocycles. The third-order valence-corrected chi connectivity index (χ3v) is 5.44. The van der Waals surface area contributed by atoms with E-state index in [9.17, 15) is 14.7 Å². The lowest BCUT2D eigenvalue weighted by Crippen LogP contribution is -2.44. The zero-order chi connectivity index (χ0) is 21.9. The molecule has 160 valence electrons. The van der Waals surface area contributed by atoms with Crippen LogP contribution < -0.4 is 4.90 Å². The van der Waals surface area contributed by atoms with Crippen LogP contribution in [-0.4, -0.2) is 78.6 Å². The molecule has 29 heavy (non-hydrogen) atoms. The first-order valence-corrected chi connectivity index (χ1v) is 10.2. The van der Waals surface area contributed by atoms with E-state index in [0.29, 0.717) is 23.7 Å². The number of aliphatic carboxylic acids is 1. The molecule has 0 fully saturated rings. The Morgan fingerprint density at radius 2 is 1.72 bits per heavy atom. The van der Waals surface area contributed by atoms with Crippen molar-refractivity contribution in [2.75, 3.05) is 45.7 Å². The summed E-state index contributed by atoms with van der Waals surface area (Å²) >= 11 is 0. The number of amides is 1. The molecule has 0 saturated heterocycles. The molecule has 7 heteroatoms. The van der Waals surface area contributed by atoms with Crippen LogP contribution in [0.4, 0.5) is 5.69 Å². The molecule has 0 spiro atoms. The van der Waals surface area contributed by atoms with Crippen molar-refractivity contribution in [3.8, 4) is 0 Å². The summed E-state index contributed by atoms with van der Waals surface area (Å²) in [5.74, 6) is -0.643. The number of nitrogens with zero attached hydrogens (tertiary/aromatic N) is 4. The quantitative estimate of drug-likeness (QED) is 0.721. The van der Waals surface area contributed by atoms with E-state index >= 15 is 0 Å². The topological polar surface area (TPSA) is 67.3 Å². The lowest BCUT2D eigenvalue weighted by molar-refractivity contribution is -0.134. The molecule has 0 aliphatic carbocycles. The Hall–Kier alpha value is -2.70. The van der Waals surface area contributed by atoms with Crippen LogP contribution in [0.5, 0.6) is 0 Å². The second-order valence-electron chi connectivity index (χ2n) is 7.92. The van der Waals surface area contributed by atoms with E-state index in [0.717, 1.165) is 24.5 Å². The van der Waals surface area contributed by atoms with E-state index in [-0.39, 0.29) is 12.1 Å². The van der Waals surface area contributed by atoms with Gasteiger partial charge in [-0.05, 0) is 44.0 Å². The van der Waals surface area contributed by atoms with Crippen molar-refractivity contribution in [1.82, 2.24) is 14.7 Å². The number of hydrogen-bond acceptors (Lipinski definition) is 5. The second kappa shape index (κ2) is 9.20. The first-order valence-electron chi connectivity index (χ1n) is 10.2. The maximum atomic E-state index is 12.1. The van der Waals surface area contributed by atoms with Crippen molar-refractivity contribution in [2.45, 2.75) is 33.9 Å². The van der Waals surface area contributed by atoms with Crippen molar-refractivity contribution >= 4 is 17.6 Å². The first-order chi connectivity index (χ1) is 13.6. The zero-order valence-electron chi connectivity index (χ0n) is 18.6. The van der Waals surface area contributed by atoms with Gasteiger partial charge in [0.2, 0.25) is 0 Å². The van der Waals surface area contributed by atoms with Gasteiger partial charge in [-0.25, -0.2) is 4.79 Å². The van der Waals surface area contributed by atoms with Gasteiger partial charge in [-0.1, -0.05) is 13.8 Å². The van der Waals surface area contributed by atoms with Crippen LogP contribution >= 0.6 is 0 Å². The highest BCUT2D eigenvalue weighted by Gasteiger charge is 2.40. The van der Waals surface area contributed by atoms with Gasteiger partial charge in [0.1, 0.15) is 11.9 Å². The molecule has 1 N–H and O–H groups in total. The number of carbonyl (C=O) groups excluding carboxylic acids is 1. The highest BCUT2D eigenvalue weighted by molar-refractivity contribution is 5.94. The van der Waals surface area contributed by atoms with E-state index < -0.39 is 5.97 Å². The Balaban J connectivity index is 2.36. The van der Waals surface area contributed by atoms with Crippen LogP contribution in [0.25, 0.3) is 0 Å². The smallest absolute Gasteiger partial charge is 0.354 e. The third-order valence-electron chi connectivity index (χ3n) is 5.44. The zero-order valence-corrected chi connectivity index (χ0v) is 18.6. The Kier molecular flexibility index (Phi) is 7.16. The molecule has 1 atom stereocenters. The SMILES string of the molecule is CCN(CC1=C(C(=O)O)N(C)C(C(C)C)N1CC)c1ccc(C(=O)N(C)C)cc1. The molecular weight excluding hydrogens is 368 g/mol. The Morgan fingerprint density at radius 1 is 1.14 bits per heavy atom. The third kappa shape index (κ3) is 4.49. The van der Waals surface area contributed by atoms with Crippen LogP contribution in [0.15, 0.2) is 35.7 Å². The van der Waals surface area contributed by atoms with Crippen LogP contribution in [0.3, 0.4) is 0 Å². The minimum atomic E-state index is -0.896. The van der Waals surface area contributed by atoms with Crippen molar-refractivity contribution in [3.05, 3.63) is 41.2 Å². The van der Waals surface area contributed by atoms with Crippen molar-refractivity contribution in [1.29, 1.82) is 0 Å². The van der Waals surface area contributed by atoms with E-state index in [2.05, 4.69) is 37.5 Å². The summed E-state index contributed by atoms with van der Waals surface area (Å²) in [4.78, 5) is 32.0. The highest BCUT2D eigenvalue weighted by Crippen LogP contribution is 2.33. The molecule has 1 aliphatic rings. The maximum Gasteiger partial charge on any atom is 0.354 e. The predicted molar refractivity (Wildman–Crippen MR) is 116 cm³/mol. The maximum absolute atomic E-state index is 12.1. The van der Waals surface area contributed by atoms with Gasteiger partial charge in [0.25, 0.3) is 5.91 Å². The van der Waals surface area contributed by atoms with Crippen LogP contribution in [0.2, 0.25) is 0 Å². The molecular formula is C22H34N4O3. The monoisotopic (exact) mass is 402 g/mol. The van der Waals surface area contributed by atoms with Crippen molar-refractivity contribution in [2.24, 2.45) is 5.92 Å². The molecule has 7 nitrogen and oxygen atoms in total. The molecule has 0 aromatic heterocycles. The predicted octanol–water partition coefficient (Wildman–Crippen LogP) is 2.76. The summed E-state index contributed by atoms with van der Waals surface area (Å²) in [6, 6.07) is 7.50. The first kappa shape index (κ1) is 22.6. The summed E-state index contributed by atoms with van der Waals surface area (Å²) in [5, 5.41) is 9.89. The molecule has 2 rings (SSSR count). The van der Waals surface area contributed by atoms with Crippen LogP contribution in [-0.2, 0) is 4.79 Å². The van der Waals surface area contributed by atoms with Gasteiger partial charge < -0.3 is 24.7 Å². The minimum Gasteiger partial charge on any atom is -0.477 e. The molecule has 1 heterocycles.